The van der Waals surface area contributed by atoms with Crippen molar-refractivity contribution in [1.82, 2.24) is 0 Å². The van der Waals surface area contributed by atoms with E-state index < -0.39 is 0 Å². The quantitative estimate of drug-likeness (QED) is 0.619. The van der Waals surface area contributed by atoms with E-state index in [2.05, 4.69) is 6.58 Å². The summed E-state index contributed by atoms with van der Waals surface area (Å²) < 4.78 is 11.2. The first-order valence-corrected chi connectivity index (χ1v) is 7.52. The van der Waals surface area contributed by atoms with Crippen molar-refractivity contribution in [2.24, 2.45) is 0 Å². The fourth-order valence-corrected chi connectivity index (χ4v) is 3.18. The topological polar surface area (TPSA) is 34.1 Å². The second-order valence-corrected chi connectivity index (χ2v) is 5.80. The van der Waals surface area contributed by atoms with Gasteiger partial charge in [0.2, 0.25) is 0 Å². The molecule has 0 aliphatic carbocycles. The third kappa shape index (κ3) is 2.86. The average Bonchev–Trinajstić information content (AvgIpc) is 2.44. The number of hydrogen-bond donors (Lipinski definition) is 0. The van der Waals surface area contributed by atoms with Crippen molar-refractivity contribution in [1.29, 1.82) is 0 Å². The van der Waals surface area contributed by atoms with E-state index in [0.29, 0.717) is 22.0 Å². The molecule has 0 unspecified atom stereocenters. The number of rotatable bonds is 4. The second-order valence-electron chi connectivity index (χ2n) is 5.14. The van der Waals surface area contributed by atoms with Crippen LogP contribution in [-0.2, 0) is 4.57 Å². The van der Waals surface area contributed by atoms with Crippen molar-refractivity contribution in [3.05, 3.63) is 70.3 Å². The first-order valence-electron chi connectivity index (χ1n) is 6.71. The van der Waals surface area contributed by atoms with Crippen LogP contribution >= 0.6 is 8.46 Å². The molecule has 2 aromatic rings. The predicted molar refractivity (Wildman–Crippen MR) is 87.9 cm³/mol. The summed E-state index contributed by atoms with van der Waals surface area (Å²) in [6.07, 6.45) is 1.59. The van der Waals surface area contributed by atoms with Crippen LogP contribution in [0, 0.1) is 20.8 Å². The lowest BCUT2D eigenvalue weighted by atomic mass is 9.91. The maximum atomic E-state index is 12.9. The minimum Gasteiger partial charge on any atom is -0.289 e. The molecule has 0 saturated carbocycles. The highest BCUT2D eigenvalue weighted by atomic mass is 31.1. The largest absolute Gasteiger partial charge is 0.289 e. The summed E-state index contributed by atoms with van der Waals surface area (Å²) in [6.45, 7) is 9.64. The van der Waals surface area contributed by atoms with Gasteiger partial charge in [-0.1, -0.05) is 42.5 Å². The molecule has 0 atom stereocenters. The van der Waals surface area contributed by atoms with Crippen molar-refractivity contribution < 1.29 is 9.36 Å². The molecule has 0 amide bonds. The Bertz CT molecular complexity index is 722. The van der Waals surface area contributed by atoms with Crippen molar-refractivity contribution >= 4 is 25.6 Å². The maximum Gasteiger partial charge on any atom is 0.194 e. The minimum atomic E-state index is -0.107. The summed E-state index contributed by atoms with van der Waals surface area (Å²) in [5.41, 5.74) is 4.94. The van der Waals surface area contributed by atoms with Gasteiger partial charge in [-0.05, 0) is 38.0 Å². The van der Waals surface area contributed by atoms with Crippen LogP contribution in [0.1, 0.15) is 38.2 Å². The van der Waals surface area contributed by atoms with Gasteiger partial charge in [-0.3, -0.25) is 9.36 Å². The first kappa shape index (κ1) is 15.3. The molecule has 0 N–H and O–H groups in total. The number of hydrogen-bond acceptors (Lipinski definition) is 2. The van der Waals surface area contributed by atoms with Gasteiger partial charge in [-0.15, -0.1) is 0 Å². The maximum absolute atomic E-state index is 12.9. The summed E-state index contributed by atoms with van der Waals surface area (Å²) in [5, 5.41) is 0.582. The minimum absolute atomic E-state index is 0.0506. The Morgan fingerprint density at radius 1 is 1.14 bits per heavy atom. The van der Waals surface area contributed by atoms with Crippen LogP contribution in [-0.4, -0.2) is 5.78 Å². The van der Waals surface area contributed by atoms with Gasteiger partial charge in [0.25, 0.3) is 0 Å². The molecule has 21 heavy (non-hydrogen) atoms. The standard InChI is InChI=1S/C18H17O2P/c1-5-14-15(7-6-8-16(14)21-20)18(19)17-12(3)9-11(2)10-13(17)4/h5-10H,1H2,2-4H3. The molecule has 0 aliphatic heterocycles. The average molecular weight is 296 g/mol. The zero-order chi connectivity index (χ0) is 15.6. The lowest BCUT2D eigenvalue weighted by molar-refractivity contribution is 0.103. The van der Waals surface area contributed by atoms with Gasteiger partial charge < -0.3 is 0 Å². The van der Waals surface area contributed by atoms with Crippen molar-refractivity contribution in [3.63, 3.8) is 0 Å². The highest BCUT2D eigenvalue weighted by Crippen LogP contribution is 2.23. The van der Waals surface area contributed by atoms with Crippen molar-refractivity contribution in [2.75, 3.05) is 0 Å². The van der Waals surface area contributed by atoms with Crippen molar-refractivity contribution in [3.8, 4) is 0 Å². The summed E-state index contributed by atoms with van der Waals surface area (Å²) in [4.78, 5) is 12.9. The summed E-state index contributed by atoms with van der Waals surface area (Å²) in [5.74, 6) is -0.0506. The zero-order valence-electron chi connectivity index (χ0n) is 12.4. The van der Waals surface area contributed by atoms with Crippen LogP contribution in [0.15, 0.2) is 36.9 Å². The highest BCUT2D eigenvalue weighted by molar-refractivity contribution is 7.34. The van der Waals surface area contributed by atoms with E-state index in [4.69, 9.17) is 0 Å². The highest BCUT2D eigenvalue weighted by Gasteiger charge is 2.18. The fraction of sp³-hybridized carbons (Fsp3) is 0.167. The van der Waals surface area contributed by atoms with E-state index in [1.54, 1.807) is 24.3 Å². The van der Waals surface area contributed by atoms with E-state index in [1.807, 2.05) is 32.9 Å². The number of benzene rings is 2. The Balaban J connectivity index is 2.66. The van der Waals surface area contributed by atoms with Crippen LogP contribution in [0.5, 0.6) is 0 Å². The Morgan fingerprint density at radius 2 is 1.76 bits per heavy atom. The molecule has 0 aromatic heterocycles. The molecule has 0 aliphatic rings. The number of aryl methyl sites for hydroxylation is 3. The second kappa shape index (κ2) is 6.15. The molecule has 2 rings (SSSR count). The van der Waals surface area contributed by atoms with E-state index in [1.165, 1.54) is 0 Å². The molecule has 0 spiro atoms. The van der Waals surface area contributed by atoms with E-state index in [-0.39, 0.29) is 14.2 Å². The van der Waals surface area contributed by atoms with Crippen LogP contribution in [0.2, 0.25) is 0 Å². The molecule has 3 heteroatoms. The predicted octanol–water partition coefficient (Wildman–Crippen LogP) is 4.40. The Morgan fingerprint density at radius 3 is 2.29 bits per heavy atom. The monoisotopic (exact) mass is 296 g/mol. The number of carbonyl (C=O) groups excluding carboxylic acids is 1. The number of ketones is 1. The van der Waals surface area contributed by atoms with Crippen LogP contribution in [0.4, 0.5) is 0 Å². The van der Waals surface area contributed by atoms with E-state index in [9.17, 15) is 9.36 Å². The van der Waals surface area contributed by atoms with Gasteiger partial charge in [0.15, 0.2) is 14.2 Å². The van der Waals surface area contributed by atoms with E-state index >= 15 is 0 Å². The third-order valence-corrected chi connectivity index (χ3v) is 4.12. The molecule has 106 valence electrons. The van der Waals surface area contributed by atoms with Crippen LogP contribution in [0.3, 0.4) is 0 Å². The Hall–Kier alpha value is -2.05. The van der Waals surface area contributed by atoms with E-state index in [0.717, 1.165) is 16.7 Å². The molecule has 2 nitrogen and oxygen atoms in total. The normalized spacial score (nSPS) is 10.6. The molecule has 0 heterocycles. The summed E-state index contributed by atoms with van der Waals surface area (Å²) >= 11 is 0. The molecule has 0 saturated heterocycles. The Kier molecular flexibility index (Phi) is 4.50. The van der Waals surface area contributed by atoms with Gasteiger partial charge >= 0.3 is 0 Å². The van der Waals surface area contributed by atoms with Crippen molar-refractivity contribution in [2.45, 2.75) is 20.8 Å². The number of carbonyl (C=O) groups is 1. The Labute approximate surface area is 126 Å². The first-order chi connectivity index (χ1) is 9.99. The van der Waals surface area contributed by atoms with Crippen LogP contribution in [0.25, 0.3) is 6.08 Å². The van der Waals surface area contributed by atoms with Gasteiger partial charge in [-0.2, -0.15) is 0 Å². The molecular weight excluding hydrogens is 279 g/mol. The van der Waals surface area contributed by atoms with Gasteiger partial charge in [0.1, 0.15) is 0 Å². The molecule has 0 bridgehead atoms. The lowest BCUT2D eigenvalue weighted by Gasteiger charge is -2.12. The fourth-order valence-electron chi connectivity index (χ4n) is 2.72. The lowest BCUT2D eigenvalue weighted by Crippen LogP contribution is -2.12. The zero-order valence-corrected chi connectivity index (χ0v) is 13.3. The van der Waals surface area contributed by atoms with Gasteiger partial charge in [0, 0.05) is 16.7 Å². The molecule has 2 aromatic carbocycles. The summed E-state index contributed by atoms with van der Waals surface area (Å²) in [7, 11) is -0.107. The smallest absolute Gasteiger partial charge is 0.194 e. The molecular formula is C18H17O2P. The van der Waals surface area contributed by atoms with Gasteiger partial charge in [-0.25, -0.2) is 0 Å². The third-order valence-electron chi connectivity index (χ3n) is 3.53. The molecule has 0 radical (unpaired) electrons. The van der Waals surface area contributed by atoms with Crippen LogP contribution < -0.4 is 5.30 Å². The summed E-state index contributed by atoms with van der Waals surface area (Å²) in [6, 6.07) is 9.25. The van der Waals surface area contributed by atoms with Gasteiger partial charge in [0.05, 0.1) is 5.30 Å². The molecule has 0 fully saturated rings. The SMILES string of the molecule is C=Cc1c(P=O)cccc1C(=O)c1c(C)cc(C)cc1C.